The van der Waals surface area contributed by atoms with Crippen LogP contribution in [-0.4, -0.2) is 30.2 Å². The van der Waals surface area contributed by atoms with E-state index in [0.29, 0.717) is 18.3 Å². The van der Waals surface area contributed by atoms with Crippen LogP contribution in [0.2, 0.25) is 0 Å². The first kappa shape index (κ1) is 21.7. The van der Waals surface area contributed by atoms with Gasteiger partial charge >= 0.3 is 0 Å². The van der Waals surface area contributed by atoms with E-state index < -0.39 is 6.10 Å². The van der Waals surface area contributed by atoms with Gasteiger partial charge in [-0.05, 0) is 31.1 Å². The number of carbonyl (C=O) groups is 1. The van der Waals surface area contributed by atoms with Crippen LogP contribution in [0, 0.1) is 17.8 Å². The minimum absolute atomic E-state index is 0. The van der Waals surface area contributed by atoms with E-state index in [-0.39, 0.29) is 30.3 Å². The standard InChI is InChI=1S/C17H34N2O2.ClH/c1-12(2)9-14(17(21)19-3)11-16(20)15(18)10-13-7-5-4-6-8-13;/h12-16,20H,4-11,18H2,1-3H3,(H,19,21);1H/t14-,15+,16+;/m1./s1. The molecule has 1 aliphatic carbocycles. The Bertz CT molecular complexity index is 307. The lowest BCUT2D eigenvalue weighted by molar-refractivity contribution is -0.126. The van der Waals surface area contributed by atoms with E-state index >= 15 is 0 Å². The van der Waals surface area contributed by atoms with Crippen molar-refractivity contribution in [1.82, 2.24) is 5.32 Å². The molecule has 1 aliphatic rings. The summed E-state index contributed by atoms with van der Waals surface area (Å²) < 4.78 is 0. The topological polar surface area (TPSA) is 75.3 Å². The van der Waals surface area contributed by atoms with Gasteiger partial charge < -0.3 is 16.2 Å². The highest BCUT2D eigenvalue weighted by Gasteiger charge is 2.27. The molecule has 22 heavy (non-hydrogen) atoms. The van der Waals surface area contributed by atoms with Gasteiger partial charge in [0.25, 0.3) is 0 Å². The lowest BCUT2D eigenvalue weighted by Gasteiger charge is -2.29. The number of nitrogens with two attached hydrogens (primary N) is 1. The highest BCUT2D eigenvalue weighted by atomic mass is 35.5. The molecule has 1 amide bonds. The highest BCUT2D eigenvalue weighted by Crippen LogP contribution is 2.28. The molecular formula is C17H35ClN2O2. The van der Waals surface area contributed by atoms with Gasteiger partial charge in [0.1, 0.15) is 0 Å². The van der Waals surface area contributed by atoms with Crippen molar-refractivity contribution in [1.29, 1.82) is 0 Å². The molecule has 0 radical (unpaired) electrons. The van der Waals surface area contributed by atoms with E-state index in [4.69, 9.17) is 5.73 Å². The van der Waals surface area contributed by atoms with Gasteiger partial charge in [0.2, 0.25) is 5.91 Å². The minimum atomic E-state index is -0.576. The zero-order valence-corrected chi connectivity index (χ0v) is 15.2. The Balaban J connectivity index is 0.00000441. The lowest BCUT2D eigenvalue weighted by atomic mass is 9.82. The first-order valence-corrected chi connectivity index (χ1v) is 8.59. The Hall–Kier alpha value is -0.320. The second-order valence-electron chi connectivity index (χ2n) is 7.15. The van der Waals surface area contributed by atoms with E-state index in [9.17, 15) is 9.90 Å². The van der Waals surface area contributed by atoms with E-state index in [1.807, 2.05) is 0 Å². The van der Waals surface area contributed by atoms with Gasteiger partial charge in [-0.15, -0.1) is 12.4 Å². The zero-order chi connectivity index (χ0) is 15.8. The predicted octanol–water partition coefficient (Wildman–Crippen LogP) is 2.87. The Labute approximate surface area is 142 Å². The number of aliphatic hydroxyl groups is 1. The molecule has 0 unspecified atom stereocenters. The Morgan fingerprint density at radius 2 is 1.82 bits per heavy atom. The molecule has 1 saturated carbocycles. The third-order valence-corrected chi connectivity index (χ3v) is 4.72. The number of carbonyl (C=O) groups excluding carboxylic acids is 1. The molecule has 4 N–H and O–H groups in total. The monoisotopic (exact) mass is 334 g/mol. The third-order valence-electron chi connectivity index (χ3n) is 4.72. The molecule has 132 valence electrons. The van der Waals surface area contributed by atoms with Crippen LogP contribution in [0.4, 0.5) is 0 Å². The van der Waals surface area contributed by atoms with Gasteiger partial charge in [-0.2, -0.15) is 0 Å². The Morgan fingerprint density at radius 1 is 1.23 bits per heavy atom. The summed E-state index contributed by atoms with van der Waals surface area (Å²) >= 11 is 0. The number of nitrogens with one attached hydrogen (secondary N) is 1. The number of aliphatic hydroxyl groups excluding tert-OH is 1. The molecule has 0 aromatic heterocycles. The average molecular weight is 335 g/mol. The molecule has 1 fully saturated rings. The summed E-state index contributed by atoms with van der Waals surface area (Å²) in [5, 5.41) is 13.1. The fourth-order valence-corrected chi connectivity index (χ4v) is 3.51. The van der Waals surface area contributed by atoms with E-state index in [1.54, 1.807) is 7.05 Å². The second-order valence-corrected chi connectivity index (χ2v) is 7.15. The van der Waals surface area contributed by atoms with Gasteiger partial charge in [-0.25, -0.2) is 0 Å². The van der Waals surface area contributed by atoms with Gasteiger partial charge in [-0.3, -0.25) is 4.79 Å². The predicted molar refractivity (Wildman–Crippen MR) is 94.1 cm³/mol. The largest absolute Gasteiger partial charge is 0.391 e. The fourth-order valence-electron chi connectivity index (χ4n) is 3.51. The summed E-state index contributed by atoms with van der Waals surface area (Å²) in [6.07, 6.45) is 8.00. The van der Waals surface area contributed by atoms with Crippen LogP contribution in [0.15, 0.2) is 0 Å². The van der Waals surface area contributed by atoms with Crippen molar-refractivity contribution in [2.45, 2.75) is 77.4 Å². The normalized spacial score (nSPS) is 20.1. The quantitative estimate of drug-likeness (QED) is 0.639. The fraction of sp³-hybridized carbons (Fsp3) is 0.941. The number of hydrogen-bond donors (Lipinski definition) is 3. The van der Waals surface area contributed by atoms with Crippen molar-refractivity contribution in [3.8, 4) is 0 Å². The van der Waals surface area contributed by atoms with E-state index in [1.165, 1.54) is 32.1 Å². The summed E-state index contributed by atoms with van der Waals surface area (Å²) in [5.74, 6) is 0.982. The van der Waals surface area contributed by atoms with Crippen molar-refractivity contribution in [3.05, 3.63) is 0 Å². The third kappa shape index (κ3) is 7.80. The molecule has 4 nitrogen and oxygen atoms in total. The van der Waals surface area contributed by atoms with Gasteiger partial charge in [0.05, 0.1) is 6.10 Å². The summed E-state index contributed by atoms with van der Waals surface area (Å²) in [5.41, 5.74) is 6.19. The summed E-state index contributed by atoms with van der Waals surface area (Å²) in [6, 6.07) is -0.201. The summed E-state index contributed by atoms with van der Waals surface area (Å²) in [7, 11) is 1.66. The zero-order valence-electron chi connectivity index (χ0n) is 14.4. The van der Waals surface area contributed by atoms with Crippen LogP contribution < -0.4 is 11.1 Å². The van der Waals surface area contributed by atoms with Crippen LogP contribution in [0.25, 0.3) is 0 Å². The molecule has 5 heteroatoms. The Morgan fingerprint density at radius 3 is 2.32 bits per heavy atom. The SMILES string of the molecule is CNC(=O)[C@H](CC(C)C)C[C@H](O)[C@@H](N)CC1CCCCC1.Cl. The molecule has 0 aliphatic heterocycles. The van der Waals surface area contributed by atoms with Crippen molar-refractivity contribution < 1.29 is 9.90 Å². The van der Waals surface area contributed by atoms with Gasteiger partial charge in [0.15, 0.2) is 0 Å². The smallest absolute Gasteiger partial charge is 0.222 e. The van der Waals surface area contributed by atoms with Crippen LogP contribution >= 0.6 is 12.4 Å². The molecule has 0 spiro atoms. The van der Waals surface area contributed by atoms with E-state index in [2.05, 4.69) is 19.2 Å². The number of halogens is 1. The number of hydrogen-bond acceptors (Lipinski definition) is 3. The molecular weight excluding hydrogens is 300 g/mol. The van der Waals surface area contributed by atoms with Crippen molar-refractivity contribution in [2.75, 3.05) is 7.05 Å². The average Bonchev–Trinajstić information content (AvgIpc) is 2.46. The maximum Gasteiger partial charge on any atom is 0.222 e. The van der Waals surface area contributed by atoms with Crippen molar-refractivity contribution in [2.24, 2.45) is 23.5 Å². The molecule has 0 saturated heterocycles. The van der Waals surface area contributed by atoms with Gasteiger partial charge in [-0.1, -0.05) is 46.0 Å². The van der Waals surface area contributed by atoms with Crippen LogP contribution in [0.5, 0.6) is 0 Å². The number of amides is 1. The van der Waals surface area contributed by atoms with Crippen LogP contribution in [0.3, 0.4) is 0 Å². The molecule has 1 rings (SSSR count). The molecule has 3 atom stereocenters. The minimum Gasteiger partial charge on any atom is -0.391 e. The maximum atomic E-state index is 11.9. The molecule has 0 bridgehead atoms. The summed E-state index contributed by atoms with van der Waals surface area (Å²) in [4.78, 5) is 11.9. The van der Waals surface area contributed by atoms with Crippen molar-refractivity contribution >= 4 is 18.3 Å². The molecule has 0 heterocycles. The first-order valence-electron chi connectivity index (χ1n) is 8.59. The number of rotatable bonds is 8. The lowest BCUT2D eigenvalue weighted by Crippen LogP contribution is -2.40. The van der Waals surface area contributed by atoms with Crippen molar-refractivity contribution in [3.63, 3.8) is 0 Å². The second kappa shape index (κ2) is 11.3. The highest BCUT2D eigenvalue weighted by molar-refractivity contribution is 5.85. The Kier molecular flexibility index (Phi) is 11.1. The first-order chi connectivity index (χ1) is 9.93. The van der Waals surface area contributed by atoms with Gasteiger partial charge in [0, 0.05) is 19.0 Å². The summed E-state index contributed by atoms with van der Waals surface area (Å²) in [6.45, 7) is 4.20. The molecule has 0 aromatic carbocycles. The molecule has 0 aromatic rings. The maximum absolute atomic E-state index is 11.9. The van der Waals surface area contributed by atoms with E-state index in [0.717, 1.165) is 12.8 Å². The van der Waals surface area contributed by atoms with Crippen LogP contribution in [0.1, 0.15) is 65.2 Å². The van der Waals surface area contributed by atoms with Crippen LogP contribution in [-0.2, 0) is 4.79 Å².